The maximum Gasteiger partial charge on any atom is 0.0560 e. The molecule has 106 valence electrons. The van der Waals surface area contributed by atoms with Gasteiger partial charge in [-0.1, -0.05) is 17.7 Å². The lowest BCUT2D eigenvalue weighted by Crippen LogP contribution is -2.32. The highest BCUT2D eigenvalue weighted by molar-refractivity contribution is 5.49. The molecule has 1 heterocycles. The first-order valence-corrected chi connectivity index (χ1v) is 7.42. The largest absolute Gasteiger partial charge is 0.393 e. The molecular weight excluding hydrogens is 236 g/mol. The molecule has 0 spiro atoms. The van der Waals surface area contributed by atoms with Crippen molar-refractivity contribution >= 4 is 5.69 Å². The van der Waals surface area contributed by atoms with E-state index >= 15 is 0 Å². The molecule has 1 aromatic carbocycles. The van der Waals surface area contributed by atoms with Crippen LogP contribution in [0.3, 0.4) is 0 Å². The van der Waals surface area contributed by atoms with Crippen LogP contribution >= 0.6 is 0 Å². The summed E-state index contributed by atoms with van der Waals surface area (Å²) in [5.41, 5.74) is 8.08. The Hall–Kier alpha value is -1.06. The molecule has 2 atom stereocenters. The molecule has 1 saturated heterocycles. The first kappa shape index (κ1) is 14.4. The molecule has 1 aliphatic rings. The zero-order chi connectivity index (χ0) is 13.7. The molecule has 0 aliphatic carbocycles. The van der Waals surface area contributed by atoms with Gasteiger partial charge in [0.1, 0.15) is 0 Å². The summed E-state index contributed by atoms with van der Waals surface area (Å²) in [6.45, 7) is 3.89. The minimum atomic E-state index is -0.209. The Morgan fingerprint density at radius 2 is 2.11 bits per heavy atom. The first-order chi connectivity index (χ1) is 9.20. The second kappa shape index (κ2) is 6.92. The SMILES string of the molecule is Cc1ccc(N2CCCC2CC(O)CCCN)cc1. The molecule has 19 heavy (non-hydrogen) atoms. The van der Waals surface area contributed by atoms with Crippen molar-refractivity contribution in [3.8, 4) is 0 Å². The number of rotatable bonds is 6. The molecule has 2 rings (SSSR count). The summed E-state index contributed by atoms with van der Waals surface area (Å²) in [4.78, 5) is 2.45. The third kappa shape index (κ3) is 3.95. The molecule has 3 nitrogen and oxygen atoms in total. The topological polar surface area (TPSA) is 49.5 Å². The van der Waals surface area contributed by atoms with Gasteiger partial charge in [-0.2, -0.15) is 0 Å². The van der Waals surface area contributed by atoms with Crippen LogP contribution in [0.4, 0.5) is 5.69 Å². The maximum absolute atomic E-state index is 10.1. The Bertz CT molecular complexity index is 377. The van der Waals surface area contributed by atoms with Gasteiger partial charge >= 0.3 is 0 Å². The van der Waals surface area contributed by atoms with Gasteiger partial charge < -0.3 is 15.7 Å². The quantitative estimate of drug-likeness (QED) is 0.828. The number of benzene rings is 1. The number of hydrogen-bond acceptors (Lipinski definition) is 3. The van der Waals surface area contributed by atoms with Gasteiger partial charge in [-0.05, 0) is 57.7 Å². The minimum absolute atomic E-state index is 0.209. The fourth-order valence-corrected chi connectivity index (χ4v) is 2.94. The zero-order valence-electron chi connectivity index (χ0n) is 11.9. The molecule has 0 saturated carbocycles. The third-order valence-electron chi connectivity index (χ3n) is 4.03. The van der Waals surface area contributed by atoms with E-state index in [0.29, 0.717) is 12.6 Å². The number of nitrogens with zero attached hydrogens (tertiary/aromatic N) is 1. The van der Waals surface area contributed by atoms with Gasteiger partial charge in [-0.15, -0.1) is 0 Å². The number of anilines is 1. The standard InChI is InChI=1S/C16H26N2O/c1-13-6-8-14(9-7-13)18-11-3-4-15(18)12-16(19)5-2-10-17/h6-9,15-16,19H,2-5,10-12,17H2,1H3. The van der Waals surface area contributed by atoms with E-state index in [9.17, 15) is 5.11 Å². The van der Waals surface area contributed by atoms with Crippen LogP contribution in [0.15, 0.2) is 24.3 Å². The van der Waals surface area contributed by atoms with E-state index < -0.39 is 0 Å². The number of nitrogens with two attached hydrogens (primary N) is 1. The lowest BCUT2D eigenvalue weighted by atomic mass is 10.0. The van der Waals surface area contributed by atoms with E-state index in [1.807, 2.05) is 0 Å². The zero-order valence-corrected chi connectivity index (χ0v) is 11.9. The molecule has 1 aliphatic heterocycles. The normalized spacial score (nSPS) is 20.8. The van der Waals surface area contributed by atoms with Gasteiger partial charge in [0.15, 0.2) is 0 Å². The lowest BCUT2D eigenvalue weighted by molar-refractivity contribution is 0.144. The fraction of sp³-hybridized carbons (Fsp3) is 0.625. The summed E-state index contributed by atoms with van der Waals surface area (Å²) < 4.78 is 0. The number of aryl methyl sites for hydroxylation is 1. The molecule has 0 aromatic heterocycles. The van der Waals surface area contributed by atoms with E-state index in [1.165, 1.54) is 24.1 Å². The molecule has 1 fully saturated rings. The smallest absolute Gasteiger partial charge is 0.0560 e. The van der Waals surface area contributed by atoms with Crippen molar-refractivity contribution in [2.75, 3.05) is 18.0 Å². The predicted octanol–water partition coefficient (Wildman–Crippen LogP) is 2.45. The van der Waals surface area contributed by atoms with Crippen LogP contribution < -0.4 is 10.6 Å². The first-order valence-electron chi connectivity index (χ1n) is 7.42. The van der Waals surface area contributed by atoms with E-state index in [-0.39, 0.29) is 6.10 Å². The Morgan fingerprint density at radius 1 is 1.37 bits per heavy atom. The molecular formula is C16H26N2O. The van der Waals surface area contributed by atoms with Crippen molar-refractivity contribution in [2.45, 2.75) is 51.2 Å². The fourth-order valence-electron chi connectivity index (χ4n) is 2.94. The van der Waals surface area contributed by atoms with Gasteiger partial charge in [-0.3, -0.25) is 0 Å². The van der Waals surface area contributed by atoms with Crippen LogP contribution in [0.25, 0.3) is 0 Å². The van der Waals surface area contributed by atoms with E-state index in [4.69, 9.17) is 5.73 Å². The van der Waals surface area contributed by atoms with Crippen LogP contribution in [0.1, 0.15) is 37.7 Å². The highest BCUT2D eigenvalue weighted by Gasteiger charge is 2.26. The molecule has 0 amide bonds. The number of hydrogen-bond donors (Lipinski definition) is 2. The van der Waals surface area contributed by atoms with Gasteiger partial charge in [-0.25, -0.2) is 0 Å². The van der Waals surface area contributed by atoms with Crippen molar-refractivity contribution in [1.29, 1.82) is 0 Å². The Kier molecular flexibility index (Phi) is 5.23. The van der Waals surface area contributed by atoms with Crippen LogP contribution in [-0.4, -0.2) is 30.3 Å². The molecule has 0 radical (unpaired) electrons. The molecule has 2 unspecified atom stereocenters. The van der Waals surface area contributed by atoms with Gasteiger partial charge in [0.25, 0.3) is 0 Å². The maximum atomic E-state index is 10.1. The predicted molar refractivity (Wildman–Crippen MR) is 80.5 cm³/mol. The summed E-state index contributed by atoms with van der Waals surface area (Å²) in [5, 5.41) is 10.1. The van der Waals surface area contributed by atoms with E-state index in [2.05, 4.69) is 36.1 Å². The third-order valence-corrected chi connectivity index (χ3v) is 4.03. The monoisotopic (exact) mass is 262 g/mol. The molecule has 3 N–H and O–H groups in total. The van der Waals surface area contributed by atoms with Gasteiger partial charge in [0.2, 0.25) is 0 Å². The van der Waals surface area contributed by atoms with Crippen LogP contribution in [0.2, 0.25) is 0 Å². The molecule has 3 heteroatoms. The number of aliphatic hydroxyl groups is 1. The second-order valence-corrected chi connectivity index (χ2v) is 5.65. The highest BCUT2D eigenvalue weighted by atomic mass is 16.3. The van der Waals surface area contributed by atoms with Gasteiger partial charge in [0.05, 0.1) is 6.10 Å². The summed E-state index contributed by atoms with van der Waals surface area (Å²) in [7, 11) is 0. The van der Waals surface area contributed by atoms with Crippen molar-refractivity contribution in [2.24, 2.45) is 5.73 Å². The molecule has 1 aromatic rings. The molecule has 0 bridgehead atoms. The van der Waals surface area contributed by atoms with Crippen molar-refractivity contribution in [3.63, 3.8) is 0 Å². The van der Waals surface area contributed by atoms with Gasteiger partial charge in [0, 0.05) is 18.3 Å². The lowest BCUT2D eigenvalue weighted by Gasteiger charge is -2.28. The summed E-state index contributed by atoms with van der Waals surface area (Å²) in [6, 6.07) is 9.20. The summed E-state index contributed by atoms with van der Waals surface area (Å²) in [5.74, 6) is 0. The van der Waals surface area contributed by atoms with Crippen molar-refractivity contribution in [1.82, 2.24) is 0 Å². The van der Waals surface area contributed by atoms with Crippen LogP contribution in [0, 0.1) is 6.92 Å². The van der Waals surface area contributed by atoms with Crippen molar-refractivity contribution < 1.29 is 5.11 Å². The Labute approximate surface area is 116 Å². The summed E-state index contributed by atoms with van der Waals surface area (Å²) in [6.07, 6.45) is 4.82. The Balaban J connectivity index is 1.94. The second-order valence-electron chi connectivity index (χ2n) is 5.65. The Morgan fingerprint density at radius 3 is 2.79 bits per heavy atom. The average molecular weight is 262 g/mol. The van der Waals surface area contributed by atoms with Crippen molar-refractivity contribution in [3.05, 3.63) is 29.8 Å². The average Bonchev–Trinajstić information content (AvgIpc) is 2.85. The van der Waals surface area contributed by atoms with Crippen LogP contribution in [-0.2, 0) is 0 Å². The van der Waals surface area contributed by atoms with Crippen LogP contribution in [0.5, 0.6) is 0 Å². The highest BCUT2D eigenvalue weighted by Crippen LogP contribution is 2.28. The van der Waals surface area contributed by atoms with E-state index in [1.54, 1.807) is 0 Å². The number of aliphatic hydroxyl groups excluding tert-OH is 1. The summed E-state index contributed by atoms with van der Waals surface area (Å²) >= 11 is 0. The van der Waals surface area contributed by atoms with E-state index in [0.717, 1.165) is 25.8 Å². The minimum Gasteiger partial charge on any atom is -0.393 e.